The highest BCUT2D eigenvalue weighted by molar-refractivity contribution is 7.07. The molecule has 10 nitrogen and oxygen atoms in total. The maximum Gasteiger partial charge on any atom is 0.338 e. The number of nitro groups is 1. The van der Waals surface area contributed by atoms with Gasteiger partial charge in [0, 0.05) is 42.0 Å². The Hall–Kier alpha value is -4.25. The maximum atomic E-state index is 14.0. The third-order valence-corrected chi connectivity index (χ3v) is 7.89. The van der Waals surface area contributed by atoms with Gasteiger partial charge in [0.15, 0.2) is 4.80 Å². The summed E-state index contributed by atoms with van der Waals surface area (Å²) in [4.78, 5) is 45.5. The molecule has 0 bridgehead atoms. The third-order valence-electron chi connectivity index (χ3n) is 6.91. The number of methoxy groups -OCH3 is 1. The van der Waals surface area contributed by atoms with Gasteiger partial charge in [-0.2, -0.15) is 0 Å². The number of esters is 1. The number of allylic oxidation sites excluding steroid dienone is 1. The normalized spacial score (nSPS) is 17.2. The highest BCUT2D eigenvalue weighted by Gasteiger charge is 2.35. The van der Waals surface area contributed by atoms with Crippen LogP contribution in [-0.2, 0) is 9.53 Å². The van der Waals surface area contributed by atoms with Crippen LogP contribution in [0.15, 0.2) is 63.5 Å². The van der Waals surface area contributed by atoms with Crippen molar-refractivity contribution in [2.75, 3.05) is 31.7 Å². The molecule has 1 atom stereocenters. The van der Waals surface area contributed by atoms with E-state index >= 15 is 0 Å². The molecule has 2 aromatic carbocycles. The number of para-hydroxylation sites is 1. The number of fused-ring (bicyclic) bond motifs is 1. The fourth-order valence-electron chi connectivity index (χ4n) is 5.14. The van der Waals surface area contributed by atoms with Crippen LogP contribution in [0.5, 0.6) is 5.75 Å². The minimum atomic E-state index is -0.818. The largest absolute Gasteiger partial charge is 0.496 e. The number of nitrogens with zero attached hydrogens (tertiary/aromatic N) is 4. The lowest BCUT2D eigenvalue weighted by Gasteiger charge is -2.25. The summed E-state index contributed by atoms with van der Waals surface area (Å²) >= 11 is 1.18. The van der Waals surface area contributed by atoms with Crippen LogP contribution in [0.3, 0.4) is 0 Å². The average molecular weight is 549 g/mol. The molecule has 0 radical (unpaired) electrons. The fourth-order valence-corrected chi connectivity index (χ4v) is 6.17. The zero-order valence-electron chi connectivity index (χ0n) is 21.9. The predicted octanol–water partition coefficient (Wildman–Crippen LogP) is 3.32. The van der Waals surface area contributed by atoms with E-state index in [2.05, 4.69) is 9.89 Å². The molecule has 5 rings (SSSR count). The first kappa shape index (κ1) is 26.4. The Kier molecular flexibility index (Phi) is 7.34. The Labute approximate surface area is 228 Å². The number of aromatic nitrogens is 1. The number of hydrogen-bond acceptors (Lipinski definition) is 9. The zero-order chi connectivity index (χ0) is 27.7. The number of carbonyl (C=O) groups excluding carboxylic acids is 1. The molecule has 1 aromatic heterocycles. The van der Waals surface area contributed by atoms with Gasteiger partial charge in [-0.3, -0.25) is 19.5 Å². The highest BCUT2D eigenvalue weighted by atomic mass is 32.1. The van der Waals surface area contributed by atoms with Crippen molar-refractivity contribution >= 4 is 34.8 Å². The molecular formula is C28H28N4O6S. The van der Waals surface area contributed by atoms with Crippen molar-refractivity contribution in [3.8, 4) is 5.75 Å². The molecule has 1 saturated heterocycles. The van der Waals surface area contributed by atoms with Crippen molar-refractivity contribution in [3.63, 3.8) is 0 Å². The van der Waals surface area contributed by atoms with Gasteiger partial charge in [-0.15, -0.1) is 0 Å². The number of carbonyl (C=O) groups is 1. The molecule has 0 N–H and O–H groups in total. The number of rotatable bonds is 7. The first-order chi connectivity index (χ1) is 18.8. The van der Waals surface area contributed by atoms with Crippen LogP contribution in [0.1, 0.15) is 43.9 Å². The fraction of sp³-hybridized carbons (Fsp3) is 0.321. The van der Waals surface area contributed by atoms with E-state index in [9.17, 15) is 19.7 Å². The van der Waals surface area contributed by atoms with E-state index in [0.717, 1.165) is 31.6 Å². The smallest absolute Gasteiger partial charge is 0.338 e. The number of ether oxygens (including phenoxy) is 2. The number of benzene rings is 2. The molecule has 0 amide bonds. The molecule has 2 aliphatic heterocycles. The van der Waals surface area contributed by atoms with Gasteiger partial charge in [0.1, 0.15) is 11.8 Å². The van der Waals surface area contributed by atoms with Crippen molar-refractivity contribution < 1.29 is 19.2 Å². The van der Waals surface area contributed by atoms with E-state index in [1.807, 2.05) is 18.2 Å². The van der Waals surface area contributed by atoms with E-state index < -0.39 is 16.9 Å². The van der Waals surface area contributed by atoms with Gasteiger partial charge < -0.3 is 14.4 Å². The van der Waals surface area contributed by atoms with Crippen LogP contribution >= 0.6 is 11.3 Å². The minimum Gasteiger partial charge on any atom is -0.496 e. The number of non-ortho nitro benzene ring substituents is 1. The molecule has 0 unspecified atom stereocenters. The van der Waals surface area contributed by atoms with Crippen LogP contribution in [0.2, 0.25) is 0 Å². The van der Waals surface area contributed by atoms with E-state index in [1.165, 1.54) is 35.1 Å². The van der Waals surface area contributed by atoms with Gasteiger partial charge in [0.05, 0.1) is 34.4 Å². The Bertz CT molecular complexity index is 1670. The average Bonchev–Trinajstić information content (AvgIpc) is 3.56. The van der Waals surface area contributed by atoms with E-state index in [1.54, 1.807) is 32.1 Å². The molecule has 3 aromatic rings. The first-order valence-electron chi connectivity index (χ1n) is 12.7. The molecule has 39 heavy (non-hydrogen) atoms. The first-order valence-corrected chi connectivity index (χ1v) is 13.5. The molecule has 3 heterocycles. The topological polar surface area (TPSA) is 116 Å². The van der Waals surface area contributed by atoms with Crippen molar-refractivity contribution in [1.29, 1.82) is 0 Å². The summed E-state index contributed by atoms with van der Waals surface area (Å²) < 4.78 is 12.8. The second kappa shape index (κ2) is 10.9. The zero-order valence-corrected chi connectivity index (χ0v) is 22.7. The van der Waals surface area contributed by atoms with Crippen molar-refractivity contribution in [2.24, 2.45) is 4.99 Å². The molecule has 1 fully saturated rings. The van der Waals surface area contributed by atoms with Crippen molar-refractivity contribution in [1.82, 2.24) is 4.57 Å². The molecule has 0 saturated carbocycles. The third kappa shape index (κ3) is 4.85. The number of nitro benzene ring substituents is 1. The standard InChI is InChI=1S/C28H28N4O6S/c1-4-38-27(34)24-17(2)29-28-31(25(24)20-9-5-6-10-22(20)37-3)26(33)23(39-28)16-18-15-19(32(35)36)11-12-21(18)30-13-7-8-14-30/h5-6,9-12,15-16,25H,4,7-8,13-14H2,1-3H3/b23-16+/t25-/m1/s1. The lowest BCUT2D eigenvalue weighted by atomic mass is 9.95. The molecule has 0 spiro atoms. The number of thiazole rings is 1. The van der Waals surface area contributed by atoms with Crippen molar-refractivity contribution in [2.45, 2.75) is 32.7 Å². The van der Waals surface area contributed by atoms with E-state index in [0.29, 0.717) is 31.9 Å². The lowest BCUT2D eigenvalue weighted by molar-refractivity contribution is -0.384. The molecule has 0 aliphatic carbocycles. The molecular weight excluding hydrogens is 520 g/mol. The maximum absolute atomic E-state index is 14.0. The second-order valence-corrected chi connectivity index (χ2v) is 10.2. The quantitative estimate of drug-likeness (QED) is 0.253. The Balaban J connectivity index is 1.75. The summed E-state index contributed by atoms with van der Waals surface area (Å²) in [5, 5.41) is 11.6. The number of anilines is 1. The Morgan fingerprint density at radius 1 is 1.23 bits per heavy atom. The van der Waals surface area contributed by atoms with Crippen LogP contribution in [0, 0.1) is 10.1 Å². The summed E-state index contributed by atoms with van der Waals surface area (Å²) in [6.07, 6.45) is 3.76. The van der Waals surface area contributed by atoms with Crippen LogP contribution < -0.4 is 24.5 Å². The minimum absolute atomic E-state index is 0.0516. The van der Waals surface area contributed by atoms with Crippen LogP contribution in [0.4, 0.5) is 11.4 Å². The van der Waals surface area contributed by atoms with Crippen LogP contribution in [-0.4, -0.2) is 42.3 Å². The lowest BCUT2D eigenvalue weighted by Crippen LogP contribution is -2.40. The summed E-state index contributed by atoms with van der Waals surface area (Å²) in [6.45, 7) is 5.30. The Morgan fingerprint density at radius 2 is 1.97 bits per heavy atom. The van der Waals surface area contributed by atoms with Gasteiger partial charge in [0.2, 0.25) is 0 Å². The van der Waals surface area contributed by atoms with Gasteiger partial charge in [-0.25, -0.2) is 9.79 Å². The summed E-state index contributed by atoms with van der Waals surface area (Å²) in [7, 11) is 1.53. The van der Waals surface area contributed by atoms with Gasteiger partial charge in [-0.1, -0.05) is 29.5 Å². The van der Waals surface area contributed by atoms with Crippen molar-refractivity contribution in [3.05, 3.63) is 94.7 Å². The summed E-state index contributed by atoms with van der Waals surface area (Å²) in [5.74, 6) is -0.0393. The Morgan fingerprint density at radius 3 is 2.67 bits per heavy atom. The van der Waals surface area contributed by atoms with Gasteiger partial charge >= 0.3 is 5.97 Å². The van der Waals surface area contributed by atoms with Gasteiger partial charge in [-0.05, 0) is 44.9 Å². The second-order valence-electron chi connectivity index (χ2n) is 9.24. The highest BCUT2D eigenvalue weighted by Crippen LogP contribution is 2.36. The van der Waals surface area contributed by atoms with Crippen LogP contribution in [0.25, 0.3) is 6.08 Å². The predicted molar refractivity (Wildman–Crippen MR) is 148 cm³/mol. The SMILES string of the molecule is CCOC(=O)C1=C(C)N=c2s/c(=C/c3cc([N+](=O)[O-])ccc3N3CCCC3)c(=O)n2[C@@H]1c1ccccc1OC. The van der Waals surface area contributed by atoms with E-state index in [-0.39, 0.29) is 23.4 Å². The van der Waals surface area contributed by atoms with Gasteiger partial charge in [0.25, 0.3) is 11.2 Å². The molecule has 2 aliphatic rings. The van der Waals surface area contributed by atoms with E-state index in [4.69, 9.17) is 9.47 Å². The summed E-state index contributed by atoms with van der Waals surface area (Å²) in [5.41, 5.74) is 2.35. The number of hydrogen-bond donors (Lipinski definition) is 0. The monoisotopic (exact) mass is 548 g/mol. The summed E-state index contributed by atoms with van der Waals surface area (Å²) in [6, 6.07) is 11.1. The molecule has 11 heteroatoms. The molecule has 202 valence electrons.